The van der Waals surface area contributed by atoms with Crippen molar-refractivity contribution in [1.82, 2.24) is 0 Å². The van der Waals surface area contributed by atoms with Crippen LogP contribution in [-0.4, -0.2) is 6.88 Å². The van der Waals surface area contributed by atoms with Crippen molar-refractivity contribution in [2.75, 3.05) is 0 Å². The molecule has 0 atom stereocenters. The van der Waals surface area contributed by atoms with E-state index in [-0.39, 0.29) is 24.8 Å². The van der Waals surface area contributed by atoms with Crippen LogP contribution in [0.25, 0.3) is 0 Å². The summed E-state index contributed by atoms with van der Waals surface area (Å²) in [5.74, 6) is 1.34. The van der Waals surface area contributed by atoms with E-state index in [9.17, 15) is 0 Å². The fourth-order valence-corrected chi connectivity index (χ4v) is 14.0. The van der Waals surface area contributed by atoms with E-state index in [0.717, 1.165) is 0 Å². The third-order valence-electron chi connectivity index (χ3n) is 5.19. The molecule has 0 fully saturated rings. The Kier molecular flexibility index (Phi) is 7.91. The fraction of sp³-hybridized carbons (Fsp3) is 0.556. The SMILES string of the molecule is CC(C)C1=CC[C]([Zr]([CH3])([CH3])(=[SiH2])[C]2=CC(C(C)C)=CC2)=C1.Cl.Cl. The molecule has 0 aromatic carbocycles. The molecular formula is C18H32Cl2SiZr. The predicted molar refractivity (Wildman–Crippen MR) is 106 cm³/mol. The zero-order valence-corrected chi connectivity index (χ0v) is 20.4. The maximum absolute atomic E-state index is 2.84. The van der Waals surface area contributed by atoms with Gasteiger partial charge in [0.25, 0.3) is 0 Å². The molecule has 0 nitrogen and oxygen atoms in total. The van der Waals surface area contributed by atoms with E-state index < -0.39 is 17.4 Å². The minimum atomic E-state index is -2.84. The van der Waals surface area contributed by atoms with E-state index in [2.05, 4.69) is 68.1 Å². The summed E-state index contributed by atoms with van der Waals surface area (Å²) in [6.07, 6.45) is 12.5. The van der Waals surface area contributed by atoms with Crippen LogP contribution in [0.5, 0.6) is 0 Å². The molecule has 126 valence electrons. The van der Waals surface area contributed by atoms with Gasteiger partial charge >= 0.3 is 128 Å². The van der Waals surface area contributed by atoms with Gasteiger partial charge < -0.3 is 0 Å². The van der Waals surface area contributed by atoms with Crippen molar-refractivity contribution in [3.05, 3.63) is 42.0 Å². The van der Waals surface area contributed by atoms with Gasteiger partial charge in [0, 0.05) is 0 Å². The summed E-state index contributed by atoms with van der Waals surface area (Å²) in [6.45, 7) is 11.6. The van der Waals surface area contributed by atoms with Crippen LogP contribution < -0.4 is 0 Å². The summed E-state index contributed by atoms with van der Waals surface area (Å²) < 4.78 is 8.84. The zero-order chi connectivity index (χ0) is 15.2. The zero-order valence-electron chi connectivity index (χ0n) is 14.9. The van der Waals surface area contributed by atoms with Crippen molar-refractivity contribution < 1.29 is 17.4 Å². The van der Waals surface area contributed by atoms with Crippen molar-refractivity contribution in [3.63, 3.8) is 0 Å². The molecule has 0 N–H and O–H groups in total. The van der Waals surface area contributed by atoms with Gasteiger partial charge in [0.15, 0.2) is 0 Å². The molecule has 0 aliphatic heterocycles. The van der Waals surface area contributed by atoms with Gasteiger partial charge in [-0.15, -0.1) is 24.8 Å². The standard InChI is InChI=1S/2C8H11.2CH3.2ClH.H2Si.Zr/c2*1-7(2)8-5-3-4-6-8;;;;;;/h2*5-7H,3H2,1-2H3;2*1H3;2*1H;1H2;. The summed E-state index contributed by atoms with van der Waals surface area (Å²) in [5.41, 5.74) is 3.12. The molecule has 2 aliphatic carbocycles. The van der Waals surface area contributed by atoms with Crippen molar-refractivity contribution >= 4 is 31.7 Å². The van der Waals surface area contributed by atoms with E-state index in [0.29, 0.717) is 11.8 Å². The first-order valence-electron chi connectivity index (χ1n) is 8.00. The summed E-state index contributed by atoms with van der Waals surface area (Å²) in [5, 5.41) is 0. The molecule has 0 saturated heterocycles. The summed E-state index contributed by atoms with van der Waals surface area (Å²) in [6, 6.07) is 0. The van der Waals surface area contributed by atoms with Crippen LogP contribution in [0.2, 0.25) is 9.26 Å². The van der Waals surface area contributed by atoms with Gasteiger partial charge in [-0.05, 0) is 0 Å². The molecular weight excluding hydrogens is 406 g/mol. The average molecular weight is 439 g/mol. The van der Waals surface area contributed by atoms with Gasteiger partial charge in [0.2, 0.25) is 0 Å². The van der Waals surface area contributed by atoms with E-state index >= 15 is 0 Å². The molecule has 0 heterocycles. The molecule has 0 aromatic heterocycles. The Labute approximate surface area is 151 Å². The van der Waals surface area contributed by atoms with Crippen LogP contribution in [0.15, 0.2) is 42.0 Å². The van der Waals surface area contributed by atoms with Crippen molar-refractivity contribution in [2.45, 2.75) is 49.8 Å². The molecule has 4 heteroatoms. The Morgan fingerprint density at radius 1 is 0.818 bits per heavy atom. The number of hydrogen-bond acceptors (Lipinski definition) is 0. The number of halogens is 2. The van der Waals surface area contributed by atoms with E-state index in [4.69, 9.17) is 0 Å². The molecule has 22 heavy (non-hydrogen) atoms. The molecule has 0 spiro atoms. The van der Waals surface area contributed by atoms with Gasteiger partial charge in [-0.1, -0.05) is 0 Å². The average Bonchev–Trinajstić information content (AvgIpc) is 2.99. The van der Waals surface area contributed by atoms with Crippen LogP contribution in [0.3, 0.4) is 0 Å². The quantitative estimate of drug-likeness (QED) is 0.479. The van der Waals surface area contributed by atoms with E-state index in [1.54, 1.807) is 17.7 Å². The second-order valence-electron chi connectivity index (χ2n) is 8.15. The maximum atomic E-state index is 2.63. The number of rotatable bonds is 4. The van der Waals surface area contributed by atoms with Crippen LogP contribution in [-0.2, 0) is 17.4 Å². The van der Waals surface area contributed by atoms with Crippen molar-refractivity contribution in [1.29, 1.82) is 0 Å². The van der Waals surface area contributed by atoms with Gasteiger partial charge in [-0.25, -0.2) is 0 Å². The monoisotopic (exact) mass is 436 g/mol. The van der Waals surface area contributed by atoms with E-state index in [1.165, 1.54) is 12.8 Å². The Morgan fingerprint density at radius 3 is 1.36 bits per heavy atom. The Bertz CT molecular complexity index is 565. The molecule has 0 radical (unpaired) electrons. The molecule has 2 aliphatic rings. The summed E-state index contributed by atoms with van der Waals surface area (Å²) in [7, 11) is 0. The summed E-state index contributed by atoms with van der Waals surface area (Å²) >= 11 is -2.84. The van der Waals surface area contributed by atoms with Crippen LogP contribution in [0, 0.1) is 11.8 Å². The van der Waals surface area contributed by atoms with Crippen molar-refractivity contribution in [2.24, 2.45) is 11.8 Å². The largest absolute Gasteiger partial charge is 0.147 e. The molecule has 0 bridgehead atoms. The first-order valence-corrected chi connectivity index (χ1v) is 21.3. The molecule has 0 saturated carbocycles. The minimum absolute atomic E-state index is 0. The predicted octanol–water partition coefficient (Wildman–Crippen LogP) is 5.90. The molecule has 0 unspecified atom stereocenters. The third kappa shape index (κ3) is 4.38. The second kappa shape index (κ2) is 7.68. The fourth-order valence-electron chi connectivity index (χ4n) is 3.22. The first-order chi connectivity index (χ1) is 9.10. The first kappa shape index (κ1) is 22.6. The molecule has 2 rings (SSSR count). The third-order valence-corrected chi connectivity index (χ3v) is 22.4. The number of allylic oxidation sites excluding steroid dienone is 8. The smallest absolute Gasteiger partial charge is 0.147 e. The van der Waals surface area contributed by atoms with Crippen LogP contribution >= 0.6 is 24.8 Å². The normalized spacial score (nSPS) is 18.4. The van der Waals surface area contributed by atoms with Gasteiger partial charge in [0.05, 0.1) is 0 Å². The molecule has 0 aromatic rings. The van der Waals surface area contributed by atoms with Crippen LogP contribution in [0.1, 0.15) is 40.5 Å². The topological polar surface area (TPSA) is 0 Å². The Hall–Kier alpha value is 0.640. The van der Waals surface area contributed by atoms with Gasteiger partial charge in [-0.3, -0.25) is 0 Å². The van der Waals surface area contributed by atoms with Gasteiger partial charge in [-0.2, -0.15) is 0 Å². The minimum Gasteiger partial charge on any atom is -0.147 e. The Morgan fingerprint density at radius 2 is 1.14 bits per heavy atom. The van der Waals surface area contributed by atoms with Gasteiger partial charge in [0.1, 0.15) is 0 Å². The van der Waals surface area contributed by atoms with E-state index in [1.807, 2.05) is 0 Å². The van der Waals surface area contributed by atoms with Crippen molar-refractivity contribution in [3.8, 4) is 0 Å². The Balaban J connectivity index is 0.00000220. The molecule has 0 amide bonds. The van der Waals surface area contributed by atoms with Crippen LogP contribution in [0.4, 0.5) is 0 Å². The number of hydrogen-bond donors (Lipinski definition) is 0. The second-order valence-corrected chi connectivity index (χ2v) is 37.1. The maximum Gasteiger partial charge on any atom is -0.147 e. The summed E-state index contributed by atoms with van der Waals surface area (Å²) in [4.78, 5) is 0.